The summed E-state index contributed by atoms with van der Waals surface area (Å²) in [5.41, 5.74) is 1.72. The van der Waals surface area contributed by atoms with Crippen molar-refractivity contribution in [2.24, 2.45) is 0 Å². The van der Waals surface area contributed by atoms with E-state index in [9.17, 15) is 0 Å². The van der Waals surface area contributed by atoms with E-state index in [1.165, 1.54) is 19.3 Å². The number of rotatable bonds is 4. The third kappa shape index (κ3) is 2.62. The number of nitrogens with zero attached hydrogens (tertiary/aromatic N) is 2. The molecule has 0 heterocycles. The molecule has 90 valence electrons. The van der Waals surface area contributed by atoms with E-state index in [-0.39, 0.29) is 6.61 Å². The SMILES string of the molecule is N#Cc1ccc(N(CCO)C2CCC2)cc1Br. The Morgan fingerprint density at radius 3 is 2.71 bits per heavy atom. The first-order valence-corrected chi connectivity index (χ1v) is 6.62. The van der Waals surface area contributed by atoms with Crippen LogP contribution in [0, 0.1) is 11.3 Å². The van der Waals surface area contributed by atoms with E-state index in [2.05, 4.69) is 26.9 Å². The summed E-state index contributed by atoms with van der Waals surface area (Å²) in [6, 6.07) is 8.42. The summed E-state index contributed by atoms with van der Waals surface area (Å²) in [5, 5.41) is 18.0. The second kappa shape index (κ2) is 5.52. The summed E-state index contributed by atoms with van der Waals surface area (Å²) < 4.78 is 0.819. The van der Waals surface area contributed by atoms with Crippen LogP contribution in [0.4, 0.5) is 5.69 Å². The third-order valence-corrected chi connectivity index (χ3v) is 3.92. The maximum Gasteiger partial charge on any atom is 0.100 e. The lowest BCUT2D eigenvalue weighted by Gasteiger charge is -2.39. The van der Waals surface area contributed by atoms with Gasteiger partial charge in [-0.15, -0.1) is 0 Å². The fraction of sp³-hybridized carbons (Fsp3) is 0.462. The van der Waals surface area contributed by atoms with Gasteiger partial charge in [0.25, 0.3) is 0 Å². The van der Waals surface area contributed by atoms with Crippen LogP contribution in [0.15, 0.2) is 22.7 Å². The number of hydrogen-bond donors (Lipinski definition) is 1. The van der Waals surface area contributed by atoms with Gasteiger partial charge in [0.1, 0.15) is 6.07 Å². The van der Waals surface area contributed by atoms with Crippen LogP contribution < -0.4 is 4.90 Å². The molecule has 0 atom stereocenters. The number of aliphatic hydroxyl groups excluding tert-OH is 1. The first-order valence-electron chi connectivity index (χ1n) is 5.83. The van der Waals surface area contributed by atoms with Gasteiger partial charge >= 0.3 is 0 Å². The van der Waals surface area contributed by atoms with Gasteiger partial charge in [-0.3, -0.25) is 0 Å². The average molecular weight is 295 g/mol. The third-order valence-electron chi connectivity index (χ3n) is 3.26. The zero-order valence-electron chi connectivity index (χ0n) is 9.56. The van der Waals surface area contributed by atoms with Crippen molar-refractivity contribution in [1.82, 2.24) is 0 Å². The van der Waals surface area contributed by atoms with Crippen molar-refractivity contribution in [1.29, 1.82) is 5.26 Å². The predicted octanol–water partition coefficient (Wildman–Crippen LogP) is 2.67. The summed E-state index contributed by atoms with van der Waals surface area (Å²) in [5.74, 6) is 0. The van der Waals surface area contributed by atoms with Crippen molar-refractivity contribution in [3.63, 3.8) is 0 Å². The summed E-state index contributed by atoms with van der Waals surface area (Å²) in [7, 11) is 0. The Hall–Kier alpha value is -1.05. The van der Waals surface area contributed by atoms with Crippen LogP contribution in [0.25, 0.3) is 0 Å². The standard InChI is InChI=1S/C13H15BrN2O/c14-13-8-12(5-4-10(13)9-15)16(6-7-17)11-2-1-3-11/h4-5,8,11,17H,1-3,6-7H2. The molecule has 0 unspecified atom stereocenters. The van der Waals surface area contributed by atoms with Crippen molar-refractivity contribution in [2.75, 3.05) is 18.1 Å². The van der Waals surface area contributed by atoms with Crippen LogP contribution in [0.5, 0.6) is 0 Å². The number of halogens is 1. The van der Waals surface area contributed by atoms with Crippen LogP contribution >= 0.6 is 15.9 Å². The van der Waals surface area contributed by atoms with E-state index in [1.807, 2.05) is 18.2 Å². The molecule has 2 rings (SSSR count). The Labute approximate surface area is 110 Å². The molecule has 1 aromatic carbocycles. The molecule has 1 fully saturated rings. The fourth-order valence-corrected chi connectivity index (χ4v) is 2.56. The van der Waals surface area contributed by atoms with Crippen LogP contribution in [0.2, 0.25) is 0 Å². The first-order chi connectivity index (χ1) is 8.26. The highest BCUT2D eigenvalue weighted by Gasteiger charge is 2.25. The number of aliphatic hydroxyl groups is 1. The molecule has 0 spiro atoms. The molecular formula is C13H15BrN2O. The largest absolute Gasteiger partial charge is 0.395 e. The molecule has 0 radical (unpaired) electrons. The topological polar surface area (TPSA) is 47.3 Å². The van der Waals surface area contributed by atoms with E-state index in [1.54, 1.807) is 0 Å². The molecule has 1 saturated carbocycles. The van der Waals surface area contributed by atoms with Crippen molar-refractivity contribution >= 4 is 21.6 Å². The minimum atomic E-state index is 0.161. The van der Waals surface area contributed by atoms with Gasteiger partial charge in [-0.25, -0.2) is 0 Å². The minimum Gasteiger partial charge on any atom is -0.395 e. The first kappa shape index (κ1) is 12.4. The fourth-order valence-electron chi connectivity index (χ4n) is 2.10. The highest BCUT2D eigenvalue weighted by molar-refractivity contribution is 9.10. The number of benzene rings is 1. The van der Waals surface area contributed by atoms with Gasteiger partial charge in [-0.1, -0.05) is 0 Å². The molecule has 1 N–H and O–H groups in total. The Bertz CT molecular complexity index is 438. The molecule has 0 aliphatic heterocycles. The van der Waals surface area contributed by atoms with Crippen molar-refractivity contribution in [2.45, 2.75) is 25.3 Å². The van der Waals surface area contributed by atoms with Crippen molar-refractivity contribution < 1.29 is 5.11 Å². The second-order valence-corrected chi connectivity index (χ2v) is 5.13. The lowest BCUT2D eigenvalue weighted by molar-refractivity contribution is 0.283. The number of hydrogen-bond acceptors (Lipinski definition) is 3. The van der Waals surface area contributed by atoms with E-state index >= 15 is 0 Å². The van der Waals surface area contributed by atoms with E-state index in [0.29, 0.717) is 18.2 Å². The smallest absolute Gasteiger partial charge is 0.100 e. The highest BCUT2D eigenvalue weighted by Crippen LogP contribution is 2.31. The van der Waals surface area contributed by atoms with Gasteiger partial charge in [0.05, 0.1) is 12.2 Å². The Kier molecular flexibility index (Phi) is 4.03. The monoisotopic (exact) mass is 294 g/mol. The molecule has 4 heteroatoms. The molecule has 3 nitrogen and oxygen atoms in total. The summed E-state index contributed by atoms with van der Waals surface area (Å²) in [4.78, 5) is 2.23. The number of nitriles is 1. The van der Waals surface area contributed by atoms with Crippen molar-refractivity contribution in [3.05, 3.63) is 28.2 Å². The van der Waals surface area contributed by atoms with Crippen LogP contribution in [-0.2, 0) is 0 Å². The van der Waals surface area contributed by atoms with Crippen LogP contribution in [0.1, 0.15) is 24.8 Å². The van der Waals surface area contributed by atoms with Crippen molar-refractivity contribution in [3.8, 4) is 6.07 Å². The quantitative estimate of drug-likeness (QED) is 0.929. The summed E-state index contributed by atoms with van der Waals surface area (Å²) in [6.07, 6.45) is 3.65. The summed E-state index contributed by atoms with van der Waals surface area (Å²) in [6.45, 7) is 0.817. The maximum atomic E-state index is 9.13. The van der Waals surface area contributed by atoms with Gasteiger partial charge in [-0.05, 0) is 53.4 Å². The van der Waals surface area contributed by atoms with E-state index < -0.39 is 0 Å². The number of anilines is 1. The van der Waals surface area contributed by atoms with Crippen LogP contribution in [-0.4, -0.2) is 24.3 Å². The molecule has 0 amide bonds. The lowest BCUT2D eigenvalue weighted by atomic mass is 9.91. The molecule has 17 heavy (non-hydrogen) atoms. The summed E-state index contributed by atoms with van der Waals surface area (Å²) >= 11 is 3.40. The zero-order valence-corrected chi connectivity index (χ0v) is 11.2. The lowest BCUT2D eigenvalue weighted by Crippen LogP contribution is -2.41. The molecule has 0 aromatic heterocycles. The Morgan fingerprint density at radius 2 is 2.24 bits per heavy atom. The predicted molar refractivity (Wildman–Crippen MR) is 70.9 cm³/mol. The second-order valence-electron chi connectivity index (χ2n) is 4.28. The molecule has 0 bridgehead atoms. The molecule has 1 aliphatic rings. The maximum absolute atomic E-state index is 9.13. The highest BCUT2D eigenvalue weighted by atomic mass is 79.9. The van der Waals surface area contributed by atoms with Gasteiger partial charge in [-0.2, -0.15) is 5.26 Å². The molecule has 0 saturated heterocycles. The Morgan fingerprint density at radius 1 is 1.47 bits per heavy atom. The normalized spacial score (nSPS) is 15.1. The van der Waals surface area contributed by atoms with E-state index in [0.717, 1.165) is 10.2 Å². The zero-order chi connectivity index (χ0) is 12.3. The molecular weight excluding hydrogens is 280 g/mol. The van der Waals surface area contributed by atoms with Gasteiger partial charge in [0.15, 0.2) is 0 Å². The average Bonchev–Trinajstić information content (AvgIpc) is 2.26. The Balaban J connectivity index is 2.23. The molecule has 1 aromatic rings. The minimum absolute atomic E-state index is 0.161. The van der Waals surface area contributed by atoms with Gasteiger partial charge in [0, 0.05) is 22.7 Å². The molecule has 1 aliphatic carbocycles. The van der Waals surface area contributed by atoms with Crippen LogP contribution in [0.3, 0.4) is 0 Å². The van der Waals surface area contributed by atoms with E-state index in [4.69, 9.17) is 10.4 Å². The van der Waals surface area contributed by atoms with Gasteiger partial charge < -0.3 is 10.0 Å². The van der Waals surface area contributed by atoms with Gasteiger partial charge in [0.2, 0.25) is 0 Å².